The number of hydrogen-bond donors (Lipinski definition) is 1. The Balaban J connectivity index is 1.69. The summed E-state index contributed by atoms with van der Waals surface area (Å²) < 4.78 is 8.29. The van der Waals surface area contributed by atoms with Crippen molar-refractivity contribution in [2.45, 2.75) is 6.92 Å². The van der Waals surface area contributed by atoms with E-state index in [-0.39, 0.29) is 5.91 Å². The van der Waals surface area contributed by atoms with Crippen LogP contribution in [0.4, 0.5) is 0 Å². The summed E-state index contributed by atoms with van der Waals surface area (Å²) in [6, 6.07) is 17.5. The van der Waals surface area contributed by atoms with Gasteiger partial charge in [-0.05, 0) is 19.1 Å². The zero-order valence-electron chi connectivity index (χ0n) is 14.3. The van der Waals surface area contributed by atoms with Crippen molar-refractivity contribution in [1.29, 1.82) is 0 Å². The summed E-state index contributed by atoms with van der Waals surface area (Å²) in [7, 11) is 1.92. The highest BCUT2D eigenvalue weighted by Crippen LogP contribution is 2.24. The SMILES string of the molecule is Cc1onc(-c2ccccc2)c1C(=O)N/N=c1/sc2ccccc2n1C. The van der Waals surface area contributed by atoms with Crippen molar-refractivity contribution in [3.8, 4) is 11.3 Å². The fraction of sp³-hybridized carbons (Fsp3) is 0.105. The van der Waals surface area contributed by atoms with E-state index in [1.165, 1.54) is 11.3 Å². The van der Waals surface area contributed by atoms with E-state index in [2.05, 4.69) is 15.7 Å². The minimum absolute atomic E-state index is 0.347. The Morgan fingerprint density at radius 3 is 2.65 bits per heavy atom. The fourth-order valence-electron chi connectivity index (χ4n) is 2.78. The second-order valence-corrected chi connectivity index (χ2v) is 6.80. The van der Waals surface area contributed by atoms with Gasteiger partial charge in [0.25, 0.3) is 5.91 Å². The number of fused-ring (bicyclic) bond motifs is 1. The van der Waals surface area contributed by atoms with Gasteiger partial charge in [-0.1, -0.05) is 59.0 Å². The molecule has 26 heavy (non-hydrogen) atoms. The molecule has 0 bridgehead atoms. The predicted octanol–water partition coefficient (Wildman–Crippen LogP) is 3.45. The van der Waals surface area contributed by atoms with Crippen molar-refractivity contribution in [3.63, 3.8) is 0 Å². The standard InChI is InChI=1S/C19H16N4O2S/c1-12-16(17(22-25-12)13-8-4-3-5-9-13)18(24)20-21-19-23(2)14-10-6-7-11-15(14)26-19/h3-11H,1-2H3,(H,20,24)/b21-19+. The van der Waals surface area contributed by atoms with Crippen molar-refractivity contribution in [3.05, 3.63) is 70.7 Å². The lowest BCUT2D eigenvalue weighted by molar-refractivity contribution is 0.0952. The van der Waals surface area contributed by atoms with Gasteiger partial charge in [-0.25, -0.2) is 5.43 Å². The summed E-state index contributed by atoms with van der Waals surface area (Å²) in [6.07, 6.45) is 0. The Kier molecular flexibility index (Phi) is 4.14. The molecule has 0 aliphatic carbocycles. The summed E-state index contributed by atoms with van der Waals surface area (Å²) >= 11 is 1.51. The predicted molar refractivity (Wildman–Crippen MR) is 101 cm³/mol. The average molecular weight is 364 g/mol. The normalized spacial score (nSPS) is 11.8. The number of hydrogen-bond acceptors (Lipinski definition) is 5. The average Bonchev–Trinajstić information content (AvgIpc) is 3.21. The van der Waals surface area contributed by atoms with Gasteiger partial charge in [0.15, 0.2) is 0 Å². The van der Waals surface area contributed by atoms with Crippen molar-refractivity contribution >= 4 is 27.5 Å². The van der Waals surface area contributed by atoms with E-state index in [0.29, 0.717) is 21.8 Å². The van der Waals surface area contributed by atoms with Gasteiger partial charge in [0.1, 0.15) is 17.0 Å². The van der Waals surface area contributed by atoms with Gasteiger partial charge < -0.3 is 9.09 Å². The first-order valence-corrected chi connectivity index (χ1v) is 8.87. The van der Waals surface area contributed by atoms with Crippen LogP contribution in [0.25, 0.3) is 21.5 Å². The zero-order valence-corrected chi connectivity index (χ0v) is 15.1. The van der Waals surface area contributed by atoms with Gasteiger partial charge in [-0.2, -0.15) is 0 Å². The number of benzene rings is 2. The van der Waals surface area contributed by atoms with Gasteiger partial charge in [0.2, 0.25) is 4.80 Å². The highest BCUT2D eigenvalue weighted by atomic mass is 32.1. The molecule has 0 saturated heterocycles. The number of para-hydroxylation sites is 1. The Hall–Kier alpha value is -3.19. The Labute approximate surface area is 153 Å². The molecule has 2 heterocycles. The highest BCUT2D eigenvalue weighted by molar-refractivity contribution is 7.16. The van der Waals surface area contributed by atoms with Crippen LogP contribution in [-0.4, -0.2) is 15.6 Å². The number of amides is 1. The minimum Gasteiger partial charge on any atom is -0.360 e. The summed E-state index contributed by atoms with van der Waals surface area (Å²) in [5.74, 6) is 0.109. The van der Waals surface area contributed by atoms with Crippen LogP contribution in [-0.2, 0) is 7.05 Å². The van der Waals surface area contributed by atoms with E-state index >= 15 is 0 Å². The zero-order chi connectivity index (χ0) is 18.1. The molecule has 2 aromatic heterocycles. The molecule has 7 heteroatoms. The number of nitrogens with one attached hydrogen (secondary N) is 1. The number of carbonyl (C=O) groups excluding carboxylic acids is 1. The lowest BCUT2D eigenvalue weighted by Crippen LogP contribution is -2.23. The second kappa shape index (κ2) is 6.61. The number of nitrogens with zero attached hydrogens (tertiary/aromatic N) is 3. The Bertz CT molecular complexity index is 1160. The molecule has 6 nitrogen and oxygen atoms in total. The number of aryl methyl sites for hydroxylation is 2. The third-order valence-corrected chi connectivity index (χ3v) is 5.22. The maximum Gasteiger partial charge on any atom is 0.277 e. The quantitative estimate of drug-likeness (QED) is 0.566. The van der Waals surface area contributed by atoms with Crippen molar-refractivity contribution in [2.24, 2.45) is 12.1 Å². The number of thiazole rings is 1. The molecule has 4 rings (SSSR count). The van der Waals surface area contributed by atoms with Crippen molar-refractivity contribution < 1.29 is 9.32 Å². The molecule has 0 radical (unpaired) electrons. The maximum absolute atomic E-state index is 12.7. The molecule has 4 aromatic rings. The maximum atomic E-state index is 12.7. The van der Waals surface area contributed by atoms with E-state index in [9.17, 15) is 4.79 Å². The third kappa shape index (κ3) is 2.82. The molecule has 0 spiro atoms. The van der Waals surface area contributed by atoms with Gasteiger partial charge >= 0.3 is 0 Å². The largest absolute Gasteiger partial charge is 0.360 e. The van der Waals surface area contributed by atoms with Gasteiger partial charge in [-0.15, -0.1) is 5.10 Å². The summed E-state index contributed by atoms with van der Waals surface area (Å²) in [6.45, 7) is 1.72. The van der Waals surface area contributed by atoms with Gasteiger partial charge in [0, 0.05) is 12.6 Å². The molecule has 0 aliphatic rings. The molecule has 1 N–H and O–H groups in total. The number of rotatable bonds is 3. The van der Waals surface area contributed by atoms with Crippen LogP contribution in [0.1, 0.15) is 16.1 Å². The molecule has 1 amide bonds. The van der Waals surface area contributed by atoms with Crippen molar-refractivity contribution in [1.82, 2.24) is 15.1 Å². The van der Waals surface area contributed by atoms with Gasteiger partial charge in [0.05, 0.1) is 10.2 Å². The molecular weight excluding hydrogens is 348 g/mol. The van der Waals surface area contributed by atoms with E-state index in [0.717, 1.165) is 15.8 Å². The van der Waals surface area contributed by atoms with E-state index in [4.69, 9.17) is 4.52 Å². The van der Waals surface area contributed by atoms with Crippen LogP contribution in [0, 0.1) is 6.92 Å². The first-order valence-electron chi connectivity index (χ1n) is 8.05. The van der Waals surface area contributed by atoms with Crippen LogP contribution in [0.2, 0.25) is 0 Å². The summed E-state index contributed by atoms with van der Waals surface area (Å²) in [5, 5.41) is 8.32. The van der Waals surface area contributed by atoms with Crippen LogP contribution < -0.4 is 10.2 Å². The molecule has 0 saturated carbocycles. The highest BCUT2D eigenvalue weighted by Gasteiger charge is 2.21. The smallest absolute Gasteiger partial charge is 0.277 e. The van der Waals surface area contributed by atoms with Crippen LogP contribution >= 0.6 is 11.3 Å². The summed E-state index contributed by atoms with van der Waals surface area (Å²) in [5.41, 5.74) is 5.42. The number of carbonyl (C=O) groups is 1. The molecular formula is C19H16N4O2S. The van der Waals surface area contributed by atoms with Crippen LogP contribution in [0.3, 0.4) is 0 Å². The minimum atomic E-state index is -0.347. The molecule has 0 unspecified atom stereocenters. The fourth-order valence-corrected chi connectivity index (χ4v) is 3.75. The Morgan fingerprint density at radius 1 is 1.15 bits per heavy atom. The number of aromatic nitrogens is 2. The lowest BCUT2D eigenvalue weighted by atomic mass is 10.1. The molecule has 0 fully saturated rings. The summed E-state index contributed by atoms with van der Waals surface area (Å²) in [4.78, 5) is 13.4. The first kappa shape index (κ1) is 16.3. The van der Waals surface area contributed by atoms with Crippen LogP contribution in [0.5, 0.6) is 0 Å². The van der Waals surface area contributed by atoms with Crippen molar-refractivity contribution in [2.75, 3.05) is 0 Å². The van der Waals surface area contributed by atoms with Crippen LogP contribution in [0.15, 0.2) is 64.2 Å². The van der Waals surface area contributed by atoms with E-state index < -0.39 is 0 Å². The lowest BCUT2D eigenvalue weighted by Gasteiger charge is -2.01. The molecule has 130 valence electrons. The molecule has 0 aliphatic heterocycles. The topological polar surface area (TPSA) is 72.4 Å². The molecule has 2 aromatic carbocycles. The third-order valence-electron chi connectivity index (χ3n) is 4.10. The Morgan fingerprint density at radius 2 is 1.88 bits per heavy atom. The van der Waals surface area contributed by atoms with Gasteiger partial charge in [-0.3, -0.25) is 4.79 Å². The second-order valence-electron chi connectivity index (χ2n) is 5.79. The monoisotopic (exact) mass is 364 g/mol. The first-order chi connectivity index (χ1) is 12.6. The van der Waals surface area contributed by atoms with E-state index in [1.54, 1.807) is 6.92 Å². The van der Waals surface area contributed by atoms with E-state index in [1.807, 2.05) is 66.2 Å². The molecule has 0 atom stereocenters.